The molecule has 0 amide bonds. The molecule has 0 fully saturated rings. The second-order valence-corrected chi connectivity index (χ2v) is 5.10. The molecule has 0 radical (unpaired) electrons. The van der Waals surface area contributed by atoms with Gasteiger partial charge in [-0.05, 0) is 38.0 Å². The maximum atomic E-state index is 8.78. The zero-order valence-electron chi connectivity index (χ0n) is 11.6. The van der Waals surface area contributed by atoms with Crippen LogP contribution >= 0.6 is 11.6 Å². The molecule has 0 saturated heterocycles. The van der Waals surface area contributed by atoms with Gasteiger partial charge in [-0.1, -0.05) is 41.1 Å². The van der Waals surface area contributed by atoms with Gasteiger partial charge in [0.1, 0.15) is 6.07 Å². The van der Waals surface area contributed by atoms with E-state index in [1.165, 1.54) is 5.56 Å². The molecule has 2 rings (SSSR count). The molecule has 0 saturated carbocycles. The van der Waals surface area contributed by atoms with Gasteiger partial charge in [0, 0.05) is 17.3 Å². The van der Waals surface area contributed by atoms with Gasteiger partial charge in [-0.25, -0.2) is 4.98 Å². The van der Waals surface area contributed by atoms with Crippen molar-refractivity contribution in [1.82, 2.24) is 4.98 Å². The van der Waals surface area contributed by atoms with Gasteiger partial charge in [0.05, 0.1) is 5.02 Å². The van der Waals surface area contributed by atoms with E-state index in [2.05, 4.69) is 35.9 Å². The molecule has 98 valence electrons. The van der Waals surface area contributed by atoms with Gasteiger partial charge in [0.15, 0.2) is 5.69 Å². The standard InChI is InChI=1S/C17H13ClN2/c1-11-6-12(2)15(13(3)7-11)5-4-14-8-16(18)17(9-19)20-10-14/h6-8,10H,1-3H3. The van der Waals surface area contributed by atoms with E-state index in [9.17, 15) is 0 Å². The smallest absolute Gasteiger partial charge is 0.159 e. The fourth-order valence-corrected chi connectivity index (χ4v) is 2.31. The quantitative estimate of drug-likeness (QED) is 0.686. The predicted molar refractivity (Wildman–Crippen MR) is 80.6 cm³/mol. The van der Waals surface area contributed by atoms with Gasteiger partial charge < -0.3 is 0 Å². The van der Waals surface area contributed by atoms with Crippen molar-refractivity contribution in [2.24, 2.45) is 0 Å². The highest BCUT2D eigenvalue weighted by molar-refractivity contribution is 6.31. The zero-order chi connectivity index (χ0) is 14.7. The molecule has 0 N–H and O–H groups in total. The summed E-state index contributed by atoms with van der Waals surface area (Å²) in [7, 11) is 0. The Bertz CT molecular complexity index is 751. The number of aryl methyl sites for hydroxylation is 3. The molecule has 1 aromatic heterocycles. The summed E-state index contributed by atoms with van der Waals surface area (Å²) in [5.74, 6) is 6.21. The highest BCUT2D eigenvalue weighted by Crippen LogP contribution is 2.16. The minimum absolute atomic E-state index is 0.222. The number of pyridine rings is 1. The molecular formula is C17H13ClN2. The average Bonchev–Trinajstić information content (AvgIpc) is 2.37. The Morgan fingerprint density at radius 1 is 1.05 bits per heavy atom. The fraction of sp³-hybridized carbons (Fsp3) is 0.176. The van der Waals surface area contributed by atoms with Crippen molar-refractivity contribution in [3.05, 3.63) is 62.9 Å². The number of aromatic nitrogens is 1. The molecule has 0 aliphatic carbocycles. The molecule has 20 heavy (non-hydrogen) atoms. The lowest BCUT2D eigenvalue weighted by atomic mass is 10.00. The van der Waals surface area contributed by atoms with Crippen molar-refractivity contribution >= 4 is 11.6 Å². The van der Waals surface area contributed by atoms with Gasteiger partial charge in [-0.15, -0.1) is 0 Å². The van der Waals surface area contributed by atoms with E-state index in [4.69, 9.17) is 16.9 Å². The van der Waals surface area contributed by atoms with Crippen molar-refractivity contribution in [3.63, 3.8) is 0 Å². The number of rotatable bonds is 0. The molecule has 1 heterocycles. The normalized spacial score (nSPS) is 9.55. The third-order valence-corrected chi connectivity index (χ3v) is 3.24. The van der Waals surface area contributed by atoms with E-state index in [0.717, 1.165) is 16.7 Å². The summed E-state index contributed by atoms with van der Waals surface area (Å²) in [4.78, 5) is 3.97. The topological polar surface area (TPSA) is 36.7 Å². The van der Waals surface area contributed by atoms with Gasteiger partial charge in [-0.3, -0.25) is 0 Å². The number of hydrogen-bond acceptors (Lipinski definition) is 2. The summed E-state index contributed by atoms with van der Waals surface area (Å²) < 4.78 is 0. The SMILES string of the molecule is Cc1cc(C)c(C#Cc2cnc(C#N)c(Cl)c2)c(C)c1. The molecule has 0 spiro atoms. The summed E-state index contributed by atoms with van der Waals surface area (Å²) >= 11 is 5.94. The molecule has 2 aromatic rings. The molecule has 0 unspecified atom stereocenters. The molecular weight excluding hydrogens is 268 g/mol. The number of benzene rings is 1. The van der Waals surface area contributed by atoms with E-state index in [1.807, 2.05) is 19.9 Å². The third-order valence-electron chi connectivity index (χ3n) is 2.96. The highest BCUT2D eigenvalue weighted by Gasteiger charge is 2.02. The van der Waals surface area contributed by atoms with Crippen molar-refractivity contribution in [2.75, 3.05) is 0 Å². The Balaban J connectivity index is 2.42. The summed E-state index contributed by atoms with van der Waals surface area (Å²) in [6.07, 6.45) is 1.57. The molecule has 1 aromatic carbocycles. The molecule has 2 nitrogen and oxygen atoms in total. The minimum atomic E-state index is 0.222. The first-order valence-corrected chi connectivity index (χ1v) is 6.54. The first kappa shape index (κ1) is 14.1. The van der Waals surface area contributed by atoms with Crippen molar-refractivity contribution in [2.45, 2.75) is 20.8 Å². The summed E-state index contributed by atoms with van der Waals surface area (Å²) in [5.41, 5.74) is 5.49. The van der Waals surface area contributed by atoms with Gasteiger partial charge in [0.25, 0.3) is 0 Å². The summed E-state index contributed by atoms with van der Waals surface area (Å²) in [5, 5.41) is 9.11. The van der Waals surface area contributed by atoms with Crippen LogP contribution in [0.15, 0.2) is 24.4 Å². The Kier molecular flexibility index (Phi) is 4.08. The molecule has 0 atom stereocenters. The van der Waals surface area contributed by atoms with E-state index in [1.54, 1.807) is 12.3 Å². The van der Waals surface area contributed by atoms with Crippen LogP contribution in [0.25, 0.3) is 0 Å². The minimum Gasteiger partial charge on any atom is -0.243 e. The van der Waals surface area contributed by atoms with Crippen LogP contribution < -0.4 is 0 Å². The van der Waals surface area contributed by atoms with Crippen LogP contribution in [0.2, 0.25) is 5.02 Å². The largest absolute Gasteiger partial charge is 0.243 e. The summed E-state index contributed by atoms with van der Waals surface area (Å²) in [6, 6.07) is 7.82. The van der Waals surface area contributed by atoms with Crippen LogP contribution in [0, 0.1) is 43.9 Å². The first-order chi connectivity index (χ1) is 9.51. The Labute approximate surface area is 124 Å². The van der Waals surface area contributed by atoms with Crippen molar-refractivity contribution in [1.29, 1.82) is 5.26 Å². The second-order valence-electron chi connectivity index (χ2n) is 4.69. The lowest BCUT2D eigenvalue weighted by Crippen LogP contribution is -1.90. The van der Waals surface area contributed by atoms with Crippen LogP contribution in [-0.2, 0) is 0 Å². The third kappa shape index (κ3) is 2.99. The number of nitrogens with zero attached hydrogens (tertiary/aromatic N) is 2. The number of halogens is 1. The Morgan fingerprint density at radius 3 is 2.25 bits per heavy atom. The molecule has 0 bridgehead atoms. The number of nitriles is 1. The van der Waals surface area contributed by atoms with Crippen LogP contribution in [0.4, 0.5) is 0 Å². The lowest BCUT2D eigenvalue weighted by molar-refractivity contribution is 1.25. The molecule has 3 heteroatoms. The summed E-state index contributed by atoms with van der Waals surface area (Å²) in [6.45, 7) is 6.17. The van der Waals surface area contributed by atoms with Crippen molar-refractivity contribution < 1.29 is 0 Å². The molecule has 0 aliphatic heterocycles. The van der Waals surface area contributed by atoms with E-state index in [-0.39, 0.29) is 5.69 Å². The van der Waals surface area contributed by atoms with E-state index < -0.39 is 0 Å². The van der Waals surface area contributed by atoms with Crippen LogP contribution in [0.1, 0.15) is 33.5 Å². The van der Waals surface area contributed by atoms with Gasteiger partial charge in [-0.2, -0.15) is 5.26 Å². The lowest BCUT2D eigenvalue weighted by Gasteiger charge is -2.04. The highest BCUT2D eigenvalue weighted by atomic mass is 35.5. The van der Waals surface area contributed by atoms with Gasteiger partial charge in [0.2, 0.25) is 0 Å². The Morgan fingerprint density at radius 2 is 1.70 bits per heavy atom. The first-order valence-electron chi connectivity index (χ1n) is 6.17. The zero-order valence-corrected chi connectivity index (χ0v) is 12.3. The maximum absolute atomic E-state index is 8.78. The second kappa shape index (κ2) is 5.78. The van der Waals surface area contributed by atoms with Crippen LogP contribution in [0.3, 0.4) is 0 Å². The molecule has 0 aliphatic rings. The average molecular weight is 281 g/mol. The van der Waals surface area contributed by atoms with E-state index in [0.29, 0.717) is 10.6 Å². The van der Waals surface area contributed by atoms with E-state index >= 15 is 0 Å². The predicted octanol–water partition coefficient (Wildman–Crippen LogP) is 3.93. The van der Waals surface area contributed by atoms with Gasteiger partial charge >= 0.3 is 0 Å². The fourth-order valence-electron chi connectivity index (χ4n) is 2.10. The monoisotopic (exact) mass is 280 g/mol. The van der Waals surface area contributed by atoms with Crippen molar-refractivity contribution in [3.8, 4) is 17.9 Å². The maximum Gasteiger partial charge on any atom is 0.159 e. The Hall–Kier alpha value is -2.29. The van der Waals surface area contributed by atoms with Crippen LogP contribution in [-0.4, -0.2) is 4.98 Å². The van der Waals surface area contributed by atoms with Crippen LogP contribution in [0.5, 0.6) is 0 Å². The number of hydrogen-bond donors (Lipinski definition) is 0.